The number of hydrogen-bond donors (Lipinski definition) is 0. The molecule has 0 bridgehead atoms. The van der Waals surface area contributed by atoms with Crippen molar-refractivity contribution < 1.29 is 4.39 Å². The van der Waals surface area contributed by atoms with E-state index in [2.05, 4.69) is 11.9 Å². The Morgan fingerprint density at radius 3 is 2.41 bits per heavy atom. The summed E-state index contributed by atoms with van der Waals surface area (Å²) in [5, 5.41) is 0. The smallest absolute Gasteiger partial charge is 0.123 e. The predicted octanol–water partition coefficient (Wildman–Crippen LogP) is 3.81. The van der Waals surface area contributed by atoms with Gasteiger partial charge in [-0.1, -0.05) is 18.6 Å². The van der Waals surface area contributed by atoms with Crippen LogP contribution >= 0.6 is 0 Å². The second-order valence-corrected chi connectivity index (χ2v) is 5.19. The van der Waals surface area contributed by atoms with Crippen LogP contribution in [0.4, 0.5) is 4.39 Å². The number of halogens is 1. The van der Waals surface area contributed by atoms with Crippen LogP contribution in [-0.2, 0) is 0 Å². The van der Waals surface area contributed by atoms with E-state index in [-0.39, 0.29) is 5.82 Å². The molecule has 0 aliphatic carbocycles. The fourth-order valence-electron chi connectivity index (χ4n) is 2.70. The van der Waals surface area contributed by atoms with Crippen molar-refractivity contribution >= 4 is 0 Å². The molecule has 1 unspecified atom stereocenters. The molecule has 17 heavy (non-hydrogen) atoms. The van der Waals surface area contributed by atoms with Gasteiger partial charge in [0.15, 0.2) is 0 Å². The van der Waals surface area contributed by atoms with Crippen molar-refractivity contribution in [2.75, 3.05) is 20.1 Å². The molecule has 1 heterocycles. The van der Waals surface area contributed by atoms with Gasteiger partial charge in [0.05, 0.1) is 0 Å². The number of benzene rings is 1. The average Bonchev–Trinajstić information content (AvgIpc) is 2.43. The summed E-state index contributed by atoms with van der Waals surface area (Å²) in [6, 6.07) is 7.10. The Balaban J connectivity index is 2.00. The van der Waals surface area contributed by atoms with E-state index in [1.807, 2.05) is 12.1 Å². The average molecular weight is 235 g/mol. The molecule has 1 atom stereocenters. The molecule has 1 aromatic rings. The molecule has 1 nitrogen and oxygen atoms in total. The molecule has 0 radical (unpaired) electrons. The zero-order valence-corrected chi connectivity index (χ0v) is 10.7. The summed E-state index contributed by atoms with van der Waals surface area (Å²) in [4.78, 5) is 2.42. The van der Waals surface area contributed by atoms with E-state index in [4.69, 9.17) is 0 Å². The molecule has 0 N–H and O–H groups in total. The molecule has 2 rings (SSSR count). The first kappa shape index (κ1) is 12.6. The van der Waals surface area contributed by atoms with Gasteiger partial charge in [0, 0.05) is 0 Å². The molecule has 0 aromatic heterocycles. The third-order valence-electron chi connectivity index (χ3n) is 3.78. The molecule has 1 aliphatic heterocycles. The molecule has 0 saturated carbocycles. The Morgan fingerprint density at radius 2 is 1.65 bits per heavy atom. The van der Waals surface area contributed by atoms with Gasteiger partial charge in [-0.05, 0) is 69.4 Å². The maximum absolute atomic E-state index is 12.9. The van der Waals surface area contributed by atoms with Crippen LogP contribution in [0.3, 0.4) is 0 Å². The molecule has 1 fully saturated rings. The third kappa shape index (κ3) is 3.81. The monoisotopic (exact) mass is 235 g/mol. The van der Waals surface area contributed by atoms with Crippen molar-refractivity contribution in [3.63, 3.8) is 0 Å². The molecule has 1 aromatic carbocycles. The minimum Gasteiger partial charge on any atom is -0.306 e. The Hall–Kier alpha value is -0.890. The summed E-state index contributed by atoms with van der Waals surface area (Å²) in [5.41, 5.74) is 1.32. The second kappa shape index (κ2) is 6.15. The Labute approximate surface area is 104 Å². The molecular weight excluding hydrogens is 213 g/mol. The normalized spacial score (nSPS) is 23.8. The van der Waals surface area contributed by atoms with Crippen molar-refractivity contribution in [2.24, 2.45) is 0 Å². The maximum atomic E-state index is 12.9. The van der Waals surface area contributed by atoms with E-state index in [1.165, 1.54) is 50.8 Å². The highest BCUT2D eigenvalue weighted by molar-refractivity contribution is 5.20. The highest BCUT2D eigenvalue weighted by atomic mass is 19.1. The topological polar surface area (TPSA) is 3.24 Å². The largest absolute Gasteiger partial charge is 0.306 e. The molecule has 2 heteroatoms. The first-order chi connectivity index (χ1) is 8.25. The van der Waals surface area contributed by atoms with Crippen LogP contribution < -0.4 is 0 Å². The van der Waals surface area contributed by atoms with Crippen molar-refractivity contribution in [1.82, 2.24) is 4.90 Å². The summed E-state index contributed by atoms with van der Waals surface area (Å²) >= 11 is 0. The first-order valence-corrected chi connectivity index (χ1v) is 6.70. The van der Waals surface area contributed by atoms with Gasteiger partial charge in [0.1, 0.15) is 5.82 Å². The minimum atomic E-state index is -0.128. The van der Waals surface area contributed by atoms with Crippen LogP contribution in [0.1, 0.15) is 43.6 Å². The van der Waals surface area contributed by atoms with Crippen LogP contribution in [0.25, 0.3) is 0 Å². The summed E-state index contributed by atoms with van der Waals surface area (Å²) in [6.45, 7) is 2.41. The lowest BCUT2D eigenvalue weighted by atomic mass is 9.90. The lowest BCUT2D eigenvalue weighted by Crippen LogP contribution is -2.20. The standard InChI is InChI=1S/C15H22FN/c1-17-11-3-2-5-13(6-4-12-17)14-7-9-15(16)10-8-14/h7-10,13H,2-6,11-12H2,1H3. The van der Waals surface area contributed by atoms with E-state index in [9.17, 15) is 4.39 Å². The first-order valence-electron chi connectivity index (χ1n) is 6.70. The van der Waals surface area contributed by atoms with E-state index in [0.717, 1.165) is 0 Å². The fraction of sp³-hybridized carbons (Fsp3) is 0.600. The SMILES string of the molecule is CN1CCCCC(c2ccc(F)cc2)CCC1. The van der Waals surface area contributed by atoms with Crippen molar-refractivity contribution in [3.8, 4) is 0 Å². The van der Waals surface area contributed by atoms with Gasteiger partial charge in [-0.25, -0.2) is 4.39 Å². The van der Waals surface area contributed by atoms with Crippen LogP contribution in [0.2, 0.25) is 0 Å². The highest BCUT2D eigenvalue weighted by Crippen LogP contribution is 2.28. The molecular formula is C15H22FN. The third-order valence-corrected chi connectivity index (χ3v) is 3.78. The second-order valence-electron chi connectivity index (χ2n) is 5.19. The van der Waals surface area contributed by atoms with Crippen molar-refractivity contribution in [2.45, 2.75) is 38.0 Å². The number of nitrogens with zero attached hydrogens (tertiary/aromatic N) is 1. The van der Waals surface area contributed by atoms with Crippen molar-refractivity contribution in [3.05, 3.63) is 35.6 Å². The van der Waals surface area contributed by atoms with Crippen LogP contribution in [0.5, 0.6) is 0 Å². The Kier molecular flexibility index (Phi) is 4.55. The van der Waals surface area contributed by atoms with Gasteiger partial charge >= 0.3 is 0 Å². The fourth-order valence-corrected chi connectivity index (χ4v) is 2.70. The van der Waals surface area contributed by atoms with Gasteiger partial charge in [0.2, 0.25) is 0 Å². The lowest BCUT2D eigenvalue weighted by molar-refractivity contribution is 0.326. The van der Waals surface area contributed by atoms with Gasteiger partial charge in [-0.2, -0.15) is 0 Å². The van der Waals surface area contributed by atoms with Crippen LogP contribution in [-0.4, -0.2) is 25.0 Å². The van der Waals surface area contributed by atoms with E-state index in [1.54, 1.807) is 12.1 Å². The summed E-state index contributed by atoms with van der Waals surface area (Å²) < 4.78 is 12.9. The van der Waals surface area contributed by atoms with Crippen LogP contribution in [0, 0.1) is 5.82 Å². The Morgan fingerprint density at radius 1 is 1.00 bits per heavy atom. The zero-order chi connectivity index (χ0) is 12.1. The van der Waals surface area contributed by atoms with Gasteiger partial charge in [-0.15, -0.1) is 0 Å². The summed E-state index contributed by atoms with van der Waals surface area (Å²) in [7, 11) is 2.21. The molecule has 0 amide bonds. The van der Waals surface area contributed by atoms with Crippen molar-refractivity contribution in [1.29, 1.82) is 0 Å². The van der Waals surface area contributed by atoms with Gasteiger partial charge < -0.3 is 4.90 Å². The van der Waals surface area contributed by atoms with E-state index >= 15 is 0 Å². The van der Waals surface area contributed by atoms with Crippen LogP contribution in [0.15, 0.2) is 24.3 Å². The maximum Gasteiger partial charge on any atom is 0.123 e. The summed E-state index contributed by atoms with van der Waals surface area (Å²) in [5.74, 6) is 0.499. The Bertz CT molecular complexity index is 333. The highest BCUT2D eigenvalue weighted by Gasteiger charge is 2.14. The molecule has 0 spiro atoms. The zero-order valence-electron chi connectivity index (χ0n) is 10.7. The van der Waals surface area contributed by atoms with E-state index in [0.29, 0.717) is 5.92 Å². The summed E-state index contributed by atoms with van der Waals surface area (Å²) in [6.07, 6.45) is 6.30. The lowest BCUT2D eigenvalue weighted by Gasteiger charge is -2.16. The molecule has 1 saturated heterocycles. The number of hydrogen-bond acceptors (Lipinski definition) is 1. The molecule has 1 aliphatic rings. The van der Waals surface area contributed by atoms with Gasteiger partial charge in [0.25, 0.3) is 0 Å². The molecule has 94 valence electrons. The predicted molar refractivity (Wildman–Crippen MR) is 69.7 cm³/mol. The minimum absolute atomic E-state index is 0.128. The quantitative estimate of drug-likeness (QED) is 0.715. The van der Waals surface area contributed by atoms with E-state index < -0.39 is 0 Å². The van der Waals surface area contributed by atoms with Gasteiger partial charge in [-0.3, -0.25) is 0 Å². The number of rotatable bonds is 1.